The quantitative estimate of drug-likeness (QED) is 0.729. The maximum atomic E-state index is 12.0. The van der Waals surface area contributed by atoms with Gasteiger partial charge in [0, 0.05) is 10.5 Å². The van der Waals surface area contributed by atoms with Crippen molar-refractivity contribution in [1.82, 2.24) is 5.32 Å². The van der Waals surface area contributed by atoms with Gasteiger partial charge in [-0.1, -0.05) is 60.7 Å². The smallest absolute Gasteiger partial charge is 0.408 e. The van der Waals surface area contributed by atoms with Gasteiger partial charge < -0.3 is 15.2 Å². The van der Waals surface area contributed by atoms with Gasteiger partial charge in [-0.15, -0.1) is 11.8 Å². The van der Waals surface area contributed by atoms with Crippen LogP contribution in [0.4, 0.5) is 4.79 Å². The Morgan fingerprint density at radius 3 is 2.12 bits per heavy atom. The maximum Gasteiger partial charge on any atom is 0.408 e. The van der Waals surface area contributed by atoms with Gasteiger partial charge in [0.15, 0.2) is 0 Å². The zero-order chi connectivity index (χ0) is 19.0. The fourth-order valence-electron chi connectivity index (χ4n) is 2.34. The Labute approximate surface area is 157 Å². The van der Waals surface area contributed by atoms with Gasteiger partial charge in [0.2, 0.25) is 0 Å². The molecule has 6 heteroatoms. The van der Waals surface area contributed by atoms with E-state index in [1.54, 1.807) is 13.8 Å². The van der Waals surface area contributed by atoms with Gasteiger partial charge in [-0.05, 0) is 25.0 Å². The molecule has 0 saturated carbocycles. The van der Waals surface area contributed by atoms with Gasteiger partial charge in [0.25, 0.3) is 0 Å². The number of benzene rings is 2. The summed E-state index contributed by atoms with van der Waals surface area (Å²) in [5.74, 6) is -0.439. The third-order valence-electron chi connectivity index (χ3n) is 3.87. The molecule has 0 fully saturated rings. The standard InChI is InChI=1S/C20H23NO4S/c1-20(2,26-14-16-11-7-4-8-12-16)17(18(22)23)21-19(24)25-13-15-9-5-3-6-10-15/h3-12,17H,13-14H2,1-2H3,(H,21,24)(H,22,23)/t17-/m0/s1. The van der Waals surface area contributed by atoms with Crippen molar-refractivity contribution in [3.63, 3.8) is 0 Å². The molecule has 2 aromatic carbocycles. The Bertz CT molecular complexity index is 719. The largest absolute Gasteiger partial charge is 0.480 e. The molecule has 2 aromatic rings. The molecule has 0 aliphatic heterocycles. The summed E-state index contributed by atoms with van der Waals surface area (Å²) in [6.07, 6.45) is -0.741. The van der Waals surface area contributed by atoms with Gasteiger partial charge in [-0.2, -0.15) is 0 Å². The minimum absolute atomic E-state index is 0.0938. The molecule has 0 spiro atoms. The monoisotopic (exact) mass is 373 g/mol. The third-order valence-corrected chi connectivity index (χ3v) is 5.33. The Kier molecular flexibility index (Phi) is 7.09. The van der Waals surface area contributed by atoms with Crippen LogP contribution >= 0.6 is 11.8 Å². The van der Waals surface area contributed by atoms with E-state index in [-0.39, 0.29) is 6.61 Å². The average molecular weight is 373 g/mol. The molecule has 0 bridgehead atoms. The van der Waals surface area contributed by atoms with E-state index in [1.165, 1.54) is 11.8 Å². The van der Waals surface area contributed by atoms with Crippen molar-refractivity contribution < 1.29 is 19.4 Å². The highest BCUT2D eigenvalue weighted by Crippen LogP contribution is 2.31. The number of amides is 1. The van der Waals surface area contributed by atoms with Gasteiger partial charge in [0.1, 0.15) is 12.6 Å². The van der Waals surface area contributed by atoms with E-state index in [0.717, 1.165) is 11.1 Å². The topological polar surface area (TPSA) is 75.6 Å². The van der Waals surface area contributed by atoms with Crippen LogP contribution in [0, 0.1) is 0 Å². The summed E-state index contributed by atoms with van der Waals surface area (Å²) in [5, 5.41) is 12.0. The molecule has 1 amide bonds. The molecule has 0 saturated heterocycles. The lowest BCUT2D eigenvalue weighted by Gasteiger charge is -2.31. The van der Waals surface area contributed by atoms with E-state index < -0.39 is 22.9 Å². The zero-order valence-electron chi connectivity index (χ0n) is 14.8. The predicted octanol–water partition coefficient (Wildman–Crippen LogP) is 4.08. The molecule has 0 aliphatic rings. The highest BCUT2D eigenvalue weighted by atomic mass is 32.2. The van der Waals surface area contributed by atoms with Crippen LogP contribution in [0.15, 0.2) is 60.7 Å². The first kappa shape index (κ1) is 19.8. The van der Waals surface area contributed by atoms with E-state index in [2.05, 4.69) is 5.32 Å². The molecule has 1 atom stereocenters. The van der Waals surface area contributed by atoms with Crippen molar-refractivity contribution in [2.45, 2.75) is 37.0 Å². The summed E-state index contributed by atoms with van der Waals surface area (Å²) < 4.78 is 4.43. The number of hydrogen-bond acceptors (Lipinski definition) is 4. The number of carbonyl (C=O) groups is 2. The lowest BCUT2D eigenvalue weighted by atomic mass is 10.0. The van der Waals surface area contributed by atoms with Gasteiger partial charge in [0.05, 0.1) is 0 Å². The third kappa shape index (κ3) is 6.11. The summed E-state index contributed by atoms with van der Waals surface area (Å²) in [5.41, 5.74) is 1.94. The number of carboxylic acids is 1. The zero-order valence-corrected chi connectivity index (χ0v) is 15.7. The van der Waals surface area contributed by atoms with E-state index in [1.807, 2.05) is 60.7 Å². The Balaban J connectivity index is 1.93. The number of hydrogen-bond donors (Lipinski definition) is 2. The fourth-order valence-corrected chi connectivity index (χ4v) is 3.40. The van der Waals surface area contributed by atoms with Crippen LogP contribution in [-0.4, -0.2) is 28.0 Å². The summed E-state index contributed by atoms with van der Waals surface area (Å²) in [7, 11) is 0. The SMILES string of the molecule is CC(C)(SCc1ccccc1)[C@@H](NC(=O)OCc1ccccc1)C(=O)O. The van der Waals surface area contributed by atoms with Crippen molar-refractivity contribution in [3.8, 4) is 0 Å². The summed E-state index contributed by atoms with van der Waals surface area (Å²) >= 11 is 1.47. The van der Waals surface area contributed by atoms with Crippen LogP contribution in [0.3, 0.4) is 0 Å². The number of ether oxygens (including phenoxy) is 1. The first-order valence-corrected chi connectivity index (χ1v) is 9.25. The molecule has 0 heterocycles. The molecule has 2 rings (SSSR count). The molecule has 5 nitrogen and oxygen atoms in total. The Hall–Kier alpha value is -2.47. The first-order chi connectivity index (χ1) is 12.4. The summed E-state index contributed by atoms with van der Waals surface area (Å²) in [6.45, 7) is 3.70. The molecule has 0 radical (unpaired) electrons. The minimum atomic E-state index is -1.09. The van der Waals surface area contributed by atoms with E-state index in [9.17, 15) is 14.7 Å². The molecular formula is C20H23NO4S. The summed E-state index contributed by atoms with van der Waals surface area (Å²) in [6, 6.07) is 18.0. The normalized spacial score (nSPS) is 12.2. The minimum Gasteiger partial charge on any atom is -0.480 e. The average Bonchev–Trinajstić information content (AvgIpc) is 2.64. The van der Waals surface area contributed by atoms with Gasteiger partial charge in [-0.25, -0.2) is 9.59 Å². The molecule has 2 N–H and O–H groups in total. The van der Waals surface area contributed by atoms with Crippen LogP contribution < -0.4 is 5.32 Å². The second kappa shape index (κ2) is 9.29. The van der Waals surface area contributed by atoms with Crippen LogP contribution in [-0.2, 0) is 21.9 Å². The van der Waals surface area contributed by atoms with Crippen molar-refractivity contribution in [2.24, 2.45) is 0 Å². The molecule has 26 heavy (non-hydrogen) atoms. The van der Waals surface area contributed by atoms with E-state index >= 15 is 0 Å². The molecule has 0 unspecified atom stereocenters. The first-order valence-electron chi connectivity index (χ1n) is 8.26. The second-order valence-electron chi connectivity index (χ2n) is 6.36. The van der Waals surface area contributed by atoms with Crippen molar-refractivity contribution in [2.75, 3.05) is 0 Å². The number of nitrogens with one attached hydrogen (secondary N) is 1. The van der Waals surface area contributed by atoms with E-state index in [4.69, 9.17) is 4.74 Å². The van der Waals surface area contributed by atoms with Crippen molar-refractivity contribution >= 4 is 23.8 Å². The van der Waals surface area contributed by atoms with Gasteiger partial charge in [-0.3, -0.25) is 0 Å². The molecule has 0 aliphatic carbocycles. The van der Waals surface area contributed by atoms with Crippen LogP contribution in [0.1, 0.15) is 25.0 Å². The fraction of sp³-hybridized carbons (Fsp3) is 0.300. The van der Waals surface area contributed by atoms with E-state index in [0.29, 0.717) is 5.75 Å². The highest BCUT2D eigenvalue weighted by molar-refractivity contribution is 7.99. The number of thioether (sulfide) groups is 1. The summed E-state index contributed by atoms with van der Waals surface area (Å²) in [4.78, 5) is 23.7. The number of alkyl carbamates (subject to hydrolysis) is 1. The van der Waals surface area contributed by atoms with Crippen LogP contribution in [0.25, 0.3) is 0 Å². The van der Waals surface area contributed by atoms with Gasteiger partial charge >= 0.3 is 12.1 Å². The van der Waals surface area contributed by atoms with Crippen molar-refractivity contribution in [3.05, 3.63) is 71.8 Å². The number of rotatable bonds is 8. The number of carboxylic acid groups (broad SMARTS) is 1. The molecule has 138 valence electrons. The number of aliphatic carboxylic acids is 1. The molecular weight excluding hydrogens is 350 g/mol. The lowest BCUT2D eigenvalue weighted by Crippen LogP contribution is -2.52. The van der Waals surface area contributed by atoms with Crippen LogP contribution in [0.5, 0.6) is 0 Å². The Morgan fingerprint density at radius 2 is 1.58 bits per heavy atom. The molecule has 0 aromatic heterocycles. The maximum absolute atomic E-state index is 12.0. The highest BCUT2D eigenvalue weighted by Gasteiger charge is 2.37. The Morgan fingerprint density at radius 1 is 1.04 bits per heavy atom. The number of carbonyl (C=O) groups excluding carboxylic acids is 1. The van der Waals surface area contributed by atoms with Crippen molar-refractivity contribution in [1.29, 1.82) is 0 Å². The predicted molar refractivity (Wildman–Crippen MR) is 103 cm³/mol. The van der Waals surface area contributed by atoms with Crippen LogP contribution in [0.2, 0.25) is 0 Å². The lowest BCUT2D eigenvalue weighted by molar-refractivity contribution is -0.140. The second-order valence-corrected chi connectivity index (χ2v) is 7.98.